The summed E-state index contributed by atoms with van der Waals surface area (Å²) in [5.74, 6) is 3.15. The maximum Gasteiger partial charge on any atom is 0.165 e. The average Bonchev–Trinajstić information content (AvgIpc) is 3.41. The Hall–Kier alpha value is -1.29. The zero-order valence-corrected chi connectivity index (χ0v) is 15.5. The van der Waals surface area contributed by atoms with Gasteiger partial charge in [-0.2, -0.15) is 0 Å². The van der Waals surface area contributed by atoms with Crippen LogP contribution >= 0.6 is 0 Å². The van der Waals surface area contributed by atoms with Gasteiger partial charge in [0.1, 0.15) is 12.3 Å². The molecule has 5 aliphatic rings. The Bertz CT molecular complexity index is 748. The smallest absolute Gasteiger partial charge is 0.165 e. The Morgan fingerprint density at radius 3 is 2.96 bits per heavy atom. The van der Waals surface area contributed by atoms with Crippen molar-refractivity contribution in [3.63, 3.8) is 0 Å². The van der Waals surface area contributed by atoms with Crippen LogP contribution < -0.4 is 9.47 Å². The van der Waals surface area contributed by atoms with Gasteiger partial charge in [-0.3, -0.25) is 4.90 Å². The Balaban J connectivity index is 1.45. The molecule has 1 saturated heterocycles. The number of alkyl halides is 1. The van der Waals surface area contributed by atoms with Crippen molar-refractivity contribution >= 4 is 0 Å². The molecular weight excluding hydrogens is 329 g/mol. The second kappa shape index (κ2) is 5.37. The van der Waals surface area contributed by atoms with Crippen molar-refractivity contribution in [2.75, 3.05) is 20.2 Å². The molecule has 4 heteroatoms. The number of ether oxygens (including phenoxy) is 2. The molecule has 0 aromatic heterocycles. The highest BCUT2D eigenvalue weighted by atomic mass is 19.1. The van der Waals surface area contributed by atoms with Crippen molar-refractivity contribution < 1.29 is 13.9 Å². The van der Waals surface area contributed by atoms with E-state index in [-0.39, 0.29) is 11.5 Å². The third-order valence-corrected chi connectivity index (χ3v) is 8.09. The number of hydrogen-bond acceptors (Lipinski definition) is 3. The molecule has 2 bridgehead atoms. The van der Waals surface area contributed by atoms with E-state index in [1.54, 1.807) is 7.11 Å². The van der Waals surface area contributed by atoms with Crippen LogP contribution in [0.25, 0.3) is 0 Å². The van der Waals surface area contributed by atoms with Crippen LogP contribution in [0.4, 0.5) is 4.39 Å². The lowest BCUT2D eigenvalue weighted by molar-refractivity contribution is -0.0828. The molecular formula is C22H28FNO2. The van der Waals surface area contributed by atoms with Crippen LogP contribution in [0.15, 0.2) is 12.1 Å². The number of nitrogens with zero attached hydrogens (tertiary/aromatic N) is 1. The number of halogens is 1. The Morgan fingerprint density at radius 2 is 2.15 bits per heavy atom. The van der Waals surface area contributed by atoms with Crippen LogP contribution in [0.5, 0.6) is 11.5 Å². The minimum Gasteiger partial charge on any atom is -0.493 e. The minimum absolute atomic E-state index is 0.115. The van der Waals surface area contributed by atoms with Crippen LogP contribution in [0.3, 0.4) is 0 Å². The van der Waals surface area contributed by atoms with Gasteiger partial charge in [0, 0.05) is 17.0 Å². The molecule has 0 radical (unpaired) electrons. The van der Waals surface area contributed by atoms with Gasteiger partial charge in [-0.05, 0) is 68.7 Å². The van der Waals surface area contributed by atoms with Crippen molar-refractivity contribution in [3.05, 3.63) is 23.3 Å². The maximum atomic E-state index is 15.0. The first-order valence-corrected chi connectivity index (χ1v) is 10.5. The van der Waals surface area contributed by atoms with Crippen molar-refractivity contribution in [1.29, 1.82) is 0 Å². The molecule has 1 aromatic rings. The van der Waals surface area contributed by atoms with Crippen molar-refractivity contribution in [1.82, 2.24) is 4.90 Å². The normalized spacial score (nSPS) is 40.1. The molecule has 2 unspecified atom stereocenters. The largest absolute Gasteiger partial charge is 0.493 e. The van der Waals surface area contributed by atoms with E-state index in [2.05, 4.69) is 11.0 Å². The summed E-state index contributed by atoms with van der Waals surface area (Å²) in [6.45, 7) is 2.32. The number of hydrogen-bond donors (Lipinski definition) is 0. The zero-order valence-electron chi connectivity index (χ0n) is 15.5. The summed E-state index contributed by atoms with van der Waals surface area (Å²) in [7, 11) is 1.69. The molecule has 26 heavy (non-hydrogen) atoms. The number of methoxy groups -OCH3 is 1. The molecule has 3 nitrogen and oxygen atoms in total. The summed E-state index contributed by atoms with van der Waals surface area (Å²) in [4.78, 5) is 2.75. The van der Waals surface area contributed by atoms with Crippen molar-refractivity contribution in [2.45, 2.75) is 68.7 Å². The molecule has 0 N–H and O–H groups in total. The highest BCUT2D eigenvalue weighted by Gasteiger charge is 2.66. The minimum atomic E-state index is -0.854. The van der Waals surface area contributed by atoms with E-state index in [0.29, 0.717) is 18.4 Å². The molecule has 1 spiro atoms. The van der Waals surface area contributed by atoms with Gasteiger partial charge in [0.05, 0.1) is 7.11 Å². The lowest BCUT2D eigenvalue weighted by Crippen LogP contribution is -2.66. The molecule has 5 atom stereocenters. The molecule has 0 amide bonds. The van der Waals surface area contributed by atoms with Gasteiger partial charge in [-0.1, -0.05) is 18.9 Å². The van der Waals surface area contributed by atoms with Crippen molar-refractivity contribution in [3.8, 4) is 11.5 Å². The van der Waals surface area contributed by atoms with E-state index in [4.69, 9.17) is 9.47 Å². The molecule has 1 aromatic carbocycles. The summed E-state index contributed by atoms with van der Waals surface area (Å²) < 4.78 is 27.0. The summed E-state index contributed by atoms with van der Waals surface area (Å²) in [6, 6.07) is 4.81. The first-order chi connectivity index (χ1) is 12.7. The zero-order chi connectivity index (χ0) is 17.5. The first kappa shape index (κ1) is 15.7. The quantitative estimate of drug-likeness (QED) is 0.816. The summed E-state index contributed by atoms with van der Waals surface area (Å²) in [5, 5.41) is 0. The Kier molecular flexibility index (Phi) is 3.25. The van der Waals surface area contributed by atoms with Crippen LogP contribution in [0.1, 0.15) is 49.7 Å². The second-order valence-electron chi connectivity index (χ2n) is 9.20. The molecule has 140 valence electrons. The molecule has 3 aliphatic carbocycles. The number of rotatable bonds is 4. The van der Waals surface area contributed by atoms with Gasteiger partial charge in [-0.25, -0.2) is 4.39 Å². The topological polar surface area (TPSA) is 21.7 Å². The van der Waals surface area contributed by atoms with Gasteiger partial charge in [-0.15, -0.1) is 0 Å². The monoisotopic (exact) mass is 357 g/mol. The average molecular weight is 357 g/mol. The van der Waals surface area contributed by atoms with Crippen LogP contribution in [0.2, 0.25) is 0 Å². The maximum absolute atomic E-state index is 15.0. The lowest BCUT2D eigenvalue weighted by atomic mass is 9.51. The van der Waals surface area contributed by atoms with E-state index in [1.807, 2.05) is 6.07 Å². The van der Waals surface area contributed by atoms with E-state index in [1.165, 1.54) is 36.9 Å². The number of piperidine rings is 1. The van der Waals surface area contributed by atoms with Crippen LogP contribution in [-0.2, 0) is 11.8 Å². The van der Waals surface area contributed by atoms with Crippen molar-refractivity contribution in [2.24, 2.45) is 11.8 Å². The Labute approximate surface area is 154 Å². The van der Waals surface area contributed by atoms with Crippen LogP contribution in [-0.4, -0.2) is 43.4 Å². The lowest BCUT2D eigenvalue weighted by Gasteiger charge is -2.58. The highest BCUT2D eigenvalue weighted by Crippen LogP contribution is 2.64. The molecule has 6 rings (SSSR count). The van der Waals surface area contributed by atoms with Gasteiger partial charge in [0.15, 0.2) is 11.5 Å². The molecule has 2 aliphatic heterocycles. The number of benzene rings is 1. The first-order valence-electron chi connectivity index (χ1n) is 10.5. The fraction of sp³-hybridized carbons (Fsp3) is 0.727. The SMILES string of the molecule is COc1ccc2c3c1O[C@@H]1C(F)CCC4[C@H](C2)N(CCC2CC2)CC[C@]341. The fourth-order valence-corrected chi connectivity index (χ4v) is 6.74. The Morgan fingerprint density at radius 1 is 1.27 bits per heavy atom. The predicted molar refractivity (Wildman–Crippen MR) is 97.7 cm³/mol. The molecule has 3 fully saturated rings. The van der Waals surface area contributed by atoms with Crippen LogP contribution in [0, 0.1) is 11.8 Å². The third-order valence-electron chi connectivity index (χ3n) is 8.09. The van der Waals surface area contributed by atoms with E-state index in [0.717, 1.165) is 43.2 Å². The van der Waals surface area contributed by atoms with Gasteiger partial charge < -0.3 is 9.47 Å². The van der Waals surface area contributed by atoms with Gasteiger partial charge >= 0.3 is 0 Å². The summed E-state index contributed by atoms with van der Waals surface area (Å²) >= 11 is 0. The highest BCUT2D eigenvalue weighted by molar-refractivity contribution is 5.61. The fourth-order valence-electron chi connectivity index (χ4n) is 6.74. The summed E-state index contributed by atoms with van der Waals surface area (Å²) in [6.07, 6.45) is 6.83. The van der Waals surface area contributed by atoms with Gasteiger partial charge in [0.25, 0.3) is 0 Å². The van der Waals surface area contributed by atoms with E-state index >= 15 is 4.39 Å². The predicted octanol–water partition coefficient (Wildman–Crippen LogP) is 3.87. The summed E-state index contributed by atoms with van der Waals surface area (Å²) in [5.41, 5.74) is 2.58. The van der Waals surface area contributed by atoms with E-state index in [9.17, 15) is 0 Å². The van der Waals surface area contributed by atoms with Gasteiger partial charge in [0.2, 0.25) is 0 Å². The number of likely N-dealkylation sites (tertiary alicyclic amines) is 1. The molecule has 2 heterocycles. The second-order valence-corrected chi connectivity index (χ2v) is 9.20. The van der Waals surface area contributed by atoms with E-state index < -0.39 is 6.17 Å². The molecule has 2 saturated carbocycles. The standard InChI is InChI=1S/C22H28FNO2/c1-25-18-7-4-14-12-17-15-5-6-16(23)21-22(15,19(14)20(18)26-21)9-11-24(17)10-8-13-2-3-13/h4,7,13,15-17,21H,2-3,5-6,8-12H2,1H3/t15?,16?,17-,21+,22+/m0/s1. The third kappa shape index (κ3) is 1.92.